The number of hydrogen-bond acceptors (Lipinski definition) is 6. The van der Waals surface area contributed by atoms with Crippen LogP contribution in [0.15, 0.2) is 18.2 Å². The average molecular weight is 529 g/mol. The Morgan fingerprint density at radius 1 is 1.15 bits per heavy atom. The minimum Gasteiger partial charge on any atom is -0.350 e. The third kappa shape index (κ3) is 5.17. The van der Waals surface area contributed by atoms with Crippen molar-refractivity contribution in [2.24, 2.45) is 5.92 Å². The van der Waals surface area contributed by atoms with Gasteiger partial charge in [0, 0.05) is 45.8 Å². The van der Waals surface area contributed by atoms with Gasteiger partial charge in [-0.3, -0.25) is 9.59 Å². The lowest BCUT2D eigenvalue weighted by molar-refractivity contribution is -0.140. The molecule has 184 valence electrons. The lowest BCUT2D eigenvalue weighted by atomic mass is 10.1. The number of likely N-dealkylation sites (tertiary alicyclic amines) is 1. The number of carbonyl (C=O) groups is 2. The zero-order valence-electron chi connectivity index (χ0n) is 18.4. The molecule has 3 heterocycles. The number of nitrogens with zero attached hydrogens (tertiary/aromatic N) is 4. The van der Waals surface area contributed by atoms with E-state index in [-0.39, 0.29) is 50.5 Å². The summed E-state index contributed by atoms with van der Waals surface area (Å²) in [6.07, 6.45) is 1.23. The number of hydrogen-bond donors (Lipinski definition) is 2. The van der Waals surface area contributed by atoms with E-state index in [1.165, 1.54) is 13.5 Å². The van der Waals surface area contributed by atoms with Crippen LogP contribution >= 0.6 is 23.2 Å². The molecule has 1 aromatic carbocycles. The monoisotopic (exact) mass is 528 g/mol. The molecule has 0 saturated carbocycles. The van der Waals surface area contributed by atoms with Gasteiger partial charge in [-0.2, -0.15) is 22.3 Å². The molecule has 3 aliphatic heterocycles. The van der Waals surface area contributed by atoms with E-state index in [1.807, 2.05) is 0 Å². The minimum atomic E-state index is -3.73. The standard InChI is InChI=1S/C21H26Cl2N6O4S/c22-16-4-3-14(8-17(16)23)10-26-20(30)19-2-1-6-29(19)21(31)18-13-27(7-5-25-18)34(32,33)28-11-15(9-24)12-28/h3-4,8,15,18-19,25H,1-2,5-7,10-13H2,(H,26,30)/t18-,19+/m0/s1. The molecule has 34 heavy (non-hydrogen) atoms. The van der Waals surface area contributed by atoms with Crippen LogP contribution in [0.4, 0.5) is 0 Å². The van der Waals surface area contributed by atoms with Crippen molar-refractivity contribution in [2.75, 3.05) is 39.3 Å². The van der Waals surface area contributed by atoms with E-state index >= 15 is 0 Å². The zero-order chi connectivity index (χ0) is 24.5. The van der Waals surface area contributed by atoms with Gasteiger partial charge in [0.05, 0.1) is 22.0 Å². The molecule has 0 unspecified atom stereocenters. The van der Waals surface area contributed by atoms with E-state index in [0.29, 0.717) is 36.0 Å². The lowest BCUT2D eigenvalue weighted by Crippen LogP contribution is -2.63. The number of amides is 2. The summed E-state index contributed by atoms with van der Waals surface area (Å²) >= 11 is 12.0. The van der Waals surface area contributed by atoms with Crippen molar-refractivity contribution < 1.29 is 18.0 Å². The van der Waals surface area contributed by atoms with Crippen LogP contribution < -0.4 is 10.6 Å². The molecule has 0 spiro atoms. The molecular weight excluding hydrogens is 503 g/mol. The molecule has 2 N–H and O–H groups in total. The zero-order valence-corrected chi connectivity index (χ0v) is 20.7. The van der Waals surface area contributed by atoms with Gasteiger partial charge in [-0.15, -0.1) is 0 Å². The highest BCUT2D eigenvalue weighted by Gasteiger charge is 2.44. The lowest BCUT2D eigenvalue weighted by Gasteiger charge is -2.41. The first kappa shape index (κ1) is 25.2. The van der Waals surface area contributed by atoms with Crippen LogP contribution in [0.1, 0.15) is 18.4 Å². The summed E-state index contributed by atoms with van der Waals surface area (Å²) in [7, 11) is -3.73. The topological polar surface area (TPSA) is 126 Å². The van der Waals surface area contributed by atoms with E-state index in [4.69, 9.17) is 28.5 Å². The molecule has 0 radical (unpaired) electrons. The highest BCUT2D eigenvalue weighted by atomic mass is 35.5. The fourth-order valence-electron chi connectivity index (χ4n) is 4.43. The maximum absolute atomic E-state index is 13.3. The van der Waals surface area contributed by atoms with Crippen LogP contribution in [-0.2, 0) is 26.3 Å². The summed E-state index contributed by atoms with van der Waals surface area (Å²) in [5.41, 5.74) is 0.790. The number of rotatable bonds is 6. The van der Waals surface area contributed by atoms with Gasteiger partial charge in [0.15, 0.2) is 0 Å². The Morgan fingerprint density at radius 2 is 1.91 bits per heavy atom. The fourth-order valence-corrected chi connectivity index (χ4v) is 6.47. The predicted molar refractivity (Wildman–Crippen MR) is 126 cm³/mol. The SMILES string of the molecule is N#CC1CN(S(=O)(=O)N2CCN[C@H](C(=O)N3CCC[C@@H]3C(=O)NCc3ccc(Cl)c(Cl)c3)C2)C1. The number of halogens is 2. The maximum atomic E-state index is 13.3. The number of nitrogens with one attached hydrogen (secondary N) is 2. The Balaban J connectivity index is 1.36. The van der Waals surface area contributed by atoms with Crippen molar-refractivity contribution in [1.29, 1.82) is 5.26 Å². The molecule has 2 amide bonds. The first-order chi connectivity index (χ1) is 16.2. The van der Waals surface area contributed by atoms with Gasteiger partial charge >= 0.3 is 0 Å². The molecule has 2 atom stereocenters. The van der Waals surface area contributed by atoms with Crippen LogP contribution in [-0.4, -0.2) is 85.1 Å². The van der Waals surface area contributed by atoms with Gasteiger partial charge in [0.2, 0.25) is 11.8 Å². The molecule has 4 rings (SSSR count). The summed E-state index contributed by atoms with van der Waals surface area (Å²) in [6.45, 7) is 1.60. The van der Waals surface area contributed by atoms with Crippen LogP contribution in [0.2, 0.25) is 10.0 Å². The van der Waals surface area contributed by atoms with Gasteiger partial charge in [0.25, 0.3) is 10.2 Å². The predicted octanol–water partition coefficient (Wildman–Crippen LogP) is 0.575. The molecular formula is C21H26Cl2N6O4S. The summed E-state index contributed by atoms with van der Waals surface area (Å²) in [4.78, 5) is 27.7. The normalized spacial score (nSPS) is 24.4. The van der Waals surface area contributed by atoms with Crippen LogP contribution in [0.25, 0.3) is 0 Å². The van der Waals surface area contributed by atoms with Crippen molar-refractivity contribution >= 4 is 45.2 Å². The Bertz CT molecular complexity index is 1100. The van der Waals surface area contributed by atoms with E-state index < -0.39 is 22.3 Å². The average Bonchev–Trinajstić information content (AvgIpc) is 3.28. The van der Waals surface area contributed by atoms with Crippen LogP contribution in [0.5, 0.6) is 0 Å². The number of nitriles is 1. The summed E-state index contributed by atoms with van der Waals surface area (Å²) in [5, 5.41) is 15.7. The van der Waals surface area contributed by atoms with Crippen molar-refractivity contribution in [3.63, 3.8) is 0 Å². The third-order valence-electron chi connectivity index (χ3n) is 6.41. The van der Waals surface area contributed by atoms with Crippen LogP contribution in [0, 0.1) is 17.2 Å². The highest BCUT2D eigenvalue weighted by Crippen LogP contribution is 2.25. The van der Waals surface area contributed by atoms with Gasteiger partial charge in [0.1, 0.15) is 12.1 Å². The quantitative estimate of drug-likeness (QED) is 0.555. The molecule has 10 nitrogen and oxygen atoms in total. The second-order valence-corrected chi connectivity index (χ2v) is 11.4. The summed E-state index contributed by atoms with van der Waals surface area (Å²) in [5.74, 6) is -0.839. The number of benzene rings is 1. The summed E-state index contributed by atoms with van der Waals surface area (Å²) < 4.78 is 28.3. The Hall–Kier alpha value is -1.94. The van der Waals surface area contributed by atoms with Gasteiger partial charge in [-0.1, -0.05) is 29.3 Å². The van der Waals surface area contributed by atoms with Crippen molar-refractivity contribution in [2.45, 2.75) is 31.5 Å². The smallest absolute Gasteiger partial charge is 0.282 e. The second kappa shape index (κ2) is 10.4. The van der Waals surface area contributed by atoms with Crippen molar-refractivity contribution in [3.05, 3.63) is 33.8 Å². The fraction of sp³-hybridized carbons (Fsp3) is 0.571. The molecule has 0 aromatic heterocycles. The Morgan fingerprint density at radius 3 is 2.62 bits per heavy atom. The first-order valence-electron chi connectivity index (χ1n) is 11.1. The molecule has 13 heteroatoms. The maximum Gasteiger partial charge on any atom is 0.282 e. The molecule has 3 aliphatic rings. The highest BCUT2D eigenvalue weighted by molar-refractivity contribution is 7.86. The minimum absolute atomic E-state index is 0.0109. The van der Waals surface area contributed by atoms with Gasteiger partial charge < -0.3 is 15.5 Å². The Kier molecular flexibility index (Phi) is 7.66. The first-order valence-corrected chi connectivity index (χ1v) is 13.3. The molecule has 0 bridgehead atoms. The molecule has 0 aliphatic carbocycles. The van der Waals surface area contributed by atoms with Gasteiger partial charge in [-0.25, -0.2) is 0 Å². The van der Waals surface area contributed by atoms with Crippen molar-refractivity contribution in [3.8, 4) is 6.07 Å². The van der Waals surface area contributed by atoms with Gasteiger partial charge in [-0.05, 0) is 30.5 Å². The van der Waals surface area contributed by atoms with E-state index in [9.17, 15) is 18.0 Å². The third-order valence-corrected chi connectivity index (χ3v) is 9.08. The summed E-state index contributed by atoms with van der Waals surface area (Å²) in [6, 6.07) is 5.82. The molecule has 3 fully saturated rings. The molecule has 1 aromatic rings. The van der Waals surface area contributed by atoms with E-state index in [0.717, 1.165) is 5.56 Å². The number of piperazine rings is 1. The van der Waals surface area contributed by atoms with E-state index in [2.05, 4.69) is 16.7 Å². The largest absolute Gasteiger partial charge is 0.350 e. The van der Waals surface area contributed by atoms with Crippen molar-refractivity contribution in [1.82, 2.24) is 24.1 Å². The van der Waals surface area contributed by atoms with E-state index in [1.54, 1.807) is 18.2 Å². The second-order valence-electron chi connectivity index (χ2n) is 8.67. The van der Waals surface area contributed by atoms with Crippen LogP contribution in [0.3, 0.4) is 0 Å². The molecule has 3 saturated heterocycles. The number of carbonyl (C=O) groups excluding carboxylic acids is 2. The Labute approximate surface area is 208 Å².